The van der Waals surface area contributed by atoms with Crippen LogP contribution in [-0.4, -0.2) is 46.9 Å². The van der Waals surface area contributed by atoms with Gasteiger partial charge >= 0.3 is 0 Å². The molecule has 1 aromatic carbocycles. The number of carbonyl (C=O) groups excluding carboxylic acids is 1. The molecule has 5 heteroatoms. The van der Waals surface area contributed by atoms with Crippen molar-refractivity contribution in [1.82, 2.24) is 14.8 Å². The average molecular weight is 329 g/mol. The minimum Gasteiger partial charge on any atom is -0.336 e. The molecule has 3 rings (SSSR count). The average Bonchev–Trinajstić information content (AvgIpc) is 3.03. The maximum atomic E-state index is 12.4. The van der Waals surface area contributed by atoms with Gasteiger partial charge in [-0.3, -0.25) is 9.69 Å². The Labute approximate surface area is 141 Å². The number of hydrogen-bond acceptors (Lipinski definition) is 4. The predicted molar refractivity (Wildman–Crippen MR) is 93.7 cm³/mol. The highest BCUT2D eigenvalue weighted by atomic mass is 32.1. The molecule has 0 radical (unpaired) electrons. The molecule has 1 fully saturated rings. The lowest BCUT2D eigenvalue weighted by Crippen LogP contribution is -2.48. The highest BCUT2D eigenvalue weighted by Gasteiger charge is 2.22. The van der Waals surface area contributed by atoms with Crippen LogP contribution in [0.25, 0.3) is 0 Å². The van der Waals surface area contributed by atoms with Crippen LogP contribution in [0.3, 0.4) is 0 Å². The van der Waals surface area contributed by atoms with Crippen LogP contribution in [0, 0.1) is 0 Å². The fourth-order valence-electron chi connectivity index (χ4n) is 2.85. The van der Waals surface area contributed by atoms with Crippen LogP contribution < -0.4 is 0 Å². The zero-order valence-corrected chi connectivity index (χ0v) is 14.4. The molecule has 23 heavy (non-hydrogen) atoms. The number of aryl methyl sites for hydroxylation is 1. The van der Waals surface area contributed by atoms with E-state index in [9.17, 15) is 4.79 Å². The summed E-state index contributed by atoms with van der Waals surface area (Å²) >= 11 is 1.76. The molecule has 1 aliphatic rings. The summed E-state index contributed by atoms with van der Waals surface area (Å²) in [5.74, 6) is 0.143. The van der Waals surface area contributed by atoms with Gasteiger partial charge in [0.25, 0.3) is 5.91 Å². The maximum Gasteiger partial charge on any atom is 0.253 e. The Balaban J connectivity index is 1.51. The lowest BCUT2D eigenvalue weighted by molar-refractivity contribution is 0.0627. The Bertz CT molecular complexity index is 633. The smallest absolute Gasteiger partial charge is 0.253 e. The van der Waals surface area contributed by atoms with Crippen molar-refractivity contribution in [2.75, 3.05) is 26.2 Å². The third-order valence-electron chi connectivity index (χ3n) is 4.13. The molecule has 1 aromatic heterocycles. The van der Waals surface area contributed by atoms with Gasteiger partial charge in [0.15, 0.2) is 0 Å². The van der Waals surface area contributed by atoms with Gasteiger partial charge in [-0.15, -0.1) is 11.3 Å². The van der Waals surface area contributed by atoms with E-state index in [2.05, 4.69) is 17.2 Å². The normalized spacial score (nSPS) is 15.8. The number of rotatable bonds is 5. The first-order valence-corrected chi connectivity index (χ1v) is 9.14. The molecule has 1 aliphatic heterocycles. The van der Waals surface area contributed by atoms with Gasteiger partial charge in [0.1, 0.15) is 0 Å². The molecule has 0 N–H and O–H groups in total. The maximum absolute atomic E-state index is 12.4. The van der Waals surface area contributed by atoms with Crippen LogP contribution >= 0.6 is 11.3 Å². The predicted octanol–water partition coefficient (Wildman–Crippen LogP) is 3.05. The third kappa shape index (κ3) is 4.18. The molecule has 2 heterocycles. The largest absolute Gasteiger partial charge is 0.336 e. The highest BCUT2D eigenvalue weighted by molar-refractivity contribution is 7.09. The van der Waals surface area contributed by atoms with Crippen molar-refractivity contribution >= 4 is 17.2 Å². The summed E-state index contributed by atoms with van der Waals surface area (Å²) in [5, 5.41) is 3.41. The van der Waals surface area contributed by atoms with Crippen molar-refractivity contribution in [2.24, 2.45) is 0 Å². The van der Waals surface area contributed by atoms with Gasteiger partial charge in [0.05, 0.1) is 10.7 Å². The third-order valence-corrected chi connectivity index (χ3v) is 5.09. The van der Waals surface area contributed by atoms with E-state index in [-0.39, 0.29) is 5.91 Å². The number of nitrogens with zero attached hydrogens (tertiary/aromatic N) is 3. The van der Waals surface area contributed by atoms with Gasteiger partial charge in [-0.05, 0) is 25.0 Å². The Morgan fingerprint density at radius 3 is 2.61 bits per heavy atom. The van der Waals surface area contributed by atoms with E-state index in [1.165, 1.54) is 10.7 Å². The molecule has 1 amide bonds. The summed E-state index contributed by atoms with van der Waals surface area (Å²) in [6, 6.07) is 9.55. The molecular formula is C18H23N3OS. The fraction of sp³-hybridized carbons (Fsp3) is 0.444. The van der Waals surface area contributed by atoms with Crippen molar-refractivity contribution in [1.29, 1.82) is 0 Å². The lowest BCUT2D eigenvalue weighted by Gasteiger charge is -2.34. The second kappa shape index (κ2) is 7.70. The van der Waals surface area contributed by atoms with E-state index in [4.69, 9.17) is 4.98 Å². The lowest BCUT2D eigenvalue weighted by atomic mass is 10.2. The van der Waals surface area contributed by atoms with E-state index in [1.54, 1.807) is 11.3 Å². The van der Waals surface area contributed by atoms with Gasteiger partial charge in [-0.2, -0.15) is 0 Å². The summed E-state index contributed by atoms with van der Waals surface area (Å²) < 4.78 is 0. The number of aromatic nitrogens is 1. The molecular weight excluding hydrogens is 306 g/mol. The standard InChI is InChI=1S/C18H23N3OS/c1-2-6-17-19-16(14-23-17)13-20-9-11-21(12-10-20)18(22)15-7-4-3-5-8-15/h3-5,7-8,14H,2,6,9-13H2,1H3. The Morgan fingerprint density at radius 1 is 1.17 bits per heavy atom. The first-order valence-electron chi connectivity index (χ1n) is 8.26. The summed E-state index contributed by atoms with van der Waals surface area (Å²) in [7, 11) is 0. The van der Waals surface area contributed by atoms with Crippen molar-refractivity contribution in [3.05, 3.63) is 52.0 Å². The Hall–Kier alpha value is -1.72. The van der Waals surface area contributed by atoms with E-state index < -0.39 is 0 Å². The number of carbonyl (C=O) groups is 1. The van der Waals surface area contributed by atoms with Gasteiger partial charge in [-0.25, -0.2) is 4.98 Å². The summed E-state index contributed by atoms with van der Waals surface area (Å²) in [6.45, 7) is 6.50. The second-order valence-electron chi connectivity index (χ2n) is 5.92. The molecule has 0 spiro atoms. The van der Waals surface area contributed by atoms with Crippen LogP contribution in [0.1, 0.15) is 34.4 Å². The van der Waals surface area contributed by atoms with Crippen LogP contribution in [0.5, 0.6) is 0 Å². The van der Waals surface area contributed by atoms with E-state index in [0.717, 1.165) is 51.1 Å². The summed E-state index contributed by atoms with van der Waals surface area (Å²) in [4.78, 5) is 21.5. The van der Waals surface area contributed by atoms with Crippen molar-refractivity contribution in [3.8, 4) is 0 Å². The Kier molecular flexibility index (Phi) is 5.41. The molecule has 2 aromatic rings. The summed E-state index contributed by atoms with van der Waals surface area (Å²) in [6.07, 6.45) is 2.22. The molecule has 4 nitrogen and oxygen atoms in total. The quantitative estimate of drug-likeness (QED) is 0.846. The SMILES string of the molecule is CCCc1nc(CN2CCN(C(=O)c3ccccc3)CC2)cs1. The molecule has 0 bridgehead atoms. The zero-order valence-electron chi connectivity index (χ0n) is 13.6. The van der Waals surface area contributed by atoms with Gasteiger partial charge in [0.2, 0.25) is 0 Å². The van der Waals surface area contributed by atoms with Gasteiger partial charge < -0.3 is 4.90 Å². The van der Waals surface area contributed by atoms with E-state index in [1.807, 2.05) is 35.2 Å². The second-order valence-corrected chi connectivity index (χ2v) is 6.86. The van der Waals surface area contributed by atoms with Crippen LogP contribution in [0.15, 0.2) is 35.7 Å². The van der Waals surface area contributed by atoms with Gasteiger partial charge in [-0.1, -0.05) is 25.1 Å². The van der Waals surface area contributed by atoms with Crippen LogP contribution in [0.4, 0.5) is 0 Å². The van der Waals surface area contributed by atoms with E-state index >= 15 is 0 Å². The van der Waals surface area contributed by atoms with Crippen molar-refractivity contribution < 1.29 is 4.79 Å². The number of benzene rings is 1. The minimum absolute atomic E-state index is 0.143. The monoisotopic (exact) mass is 329 g/mol. The first kappa shape index (κ1) is 16.1. The first-order chi connectivity index (χ1) is 11.3. The van der Waals surface area contributed by atoms with Crippen LogP contribution in [-0.2, 0) is 13.0 Å². The topological polar surface area (TPSA) is 36.4 Å². The molecule has 1 saturated heterocycles. The van der Waals surface area contributed by atoms with Gasteiger partial charge in [0, 0.05) is 43.7 Å². The zero-order chi connectivity index (χ0) is 16.1. The molecule has 0 atom stereocenters. The van der Waals surface area contributed by atoms with Crippen molar-refractivity contribution in [2.45, 2.75) is 26.3 Å². The van der Waals surface area contributed by atoms with E-state index in [0.29, 0.717) is 0 Å². The molecule has 0 saturated carbocycles. The highest BCUT2D eigenvalue weighted by Crippen LogP contribution is 2.15. The fourth-order valence-corrected chi connectivity index (χ4v) is 3.74. The number of hydrogen-bond donors (Lipinski definition) is 0. The van der Waals surface area contributed by atoms with Crippen molar-refractivity contribution in [3.63, 3.8) is 0 Å². The Morgan fingerprint density at radius 2 is 1.91 bits per heavy atom. The molecule has 122 valence electrons. The minimum atomic E-state index is 0.143. The molecule has 0 aliphatic carbocycles. The summed E-state index contributed by atoms with van der Waals surface area (Å²) in [5.41, 5.74) is 1.95. The molecule has 0 unspecified atom stereocenters. The van der Waals surface area contributed by atoms with Crippen LogP contribution in [0.2, 0.25) is 0 Å². The number of piperazine rings is 1. The number of thiazole rings is 1. The number of amides is 1.